The molecule has 0 spiro atoms. The van der Waals surface area contributed by atoms with Gasteiger partial charge in [0, 0.05) is 13.2 Å². The molecule has 62 valence electrons. The Kier molecular flexibility index (Phi) is 6.98. The number of hydrogen-bond acceptors (Lipinski definition) is 2. The predicted octanol–water partition coefficient (Wildman–Crippen LogP) is 1.41. The van der Waals surface area contributed by atoms with Crippen LogP contribution < -0.4 is 5.32 Å². The van der Waals surface area contributed by atoms with Gasteiger partial charge in [-0.3, -0.25) is 0 Å². The molecule has 0 aromatic heterocycles. The van der Waals surface area contributed by atoms with Crippen LogP contribution in [-0.4, -0.2) is 25.8 Å². The maximum atomic E-state index is 5.43. The molecule has 0 heterocycles. The van der Waals surface area contributed by atoms with Gasteiger partial charge < -0.3 is 10.1 Å². The van der Waals surface area contributed by atoms with Gasteiger partial charge in [-0.1, -0.05) is 13.8 Å². The van der Waals surface area contributed by atoms with E-state index in [2.05, 4.69) is 26.1 Å². The van der Waals surface area contributed by atoms with E-state index >= 15 is 0 Å². The first-order valence-electron chi connectivity index (χ1n) is 4.13. The lowest BCUT2D eigenvalue weighted by atomic mass is 10.4. The average molecular weight is 145 g/mol. The van der Waals surface area contributed by atoms with Crippen molar-refractivity contribution in [3.05, 3.63) is 0 Å². The number of likely N-dealkylation sites (N-methyl/N-ethyl adjacent to an activating group) is 1. The summed E-state index contributed by atoms with van der Waals surface area (Å²) in [7, 11) is 0. The summed E-state index contributed by atoms with van der Waals surface area (Å²) in [5.41, 5.74) is 0. The van der Waals surface area contributed by atoms with Crippen molar-refractivity contribution >= 4 is 0 Å². The van der Waals surface area contributed by atoms with E-state index in [-0.39, 0.29) is 0 Å². The lowest BCUT2D eigenvalue weighted by Crippen LogP contribution is -2.26. The summed E-state index contributed by atoms with van der Waals surface area (Å²) >= 11 is 0. The molecule has 0 saturated heterocycles. The van der Waals surface area contributed by atoms with Crippen LogP contribution in [-0.2, 0) is 4.74 Å². The summed E-state index contributed by atoms with van der Waals surface area (Å²) in [5.74, 6) is 0. The van der Waals surface area contributed by atoms with Crippen molar-refractivity contribution in [1.29, 1.82) is 0 Å². The van der Waals surface area contributed by atoms with Gasteiger partial charge in [-0.2, -0.15) is 0 Å². The smallest absolute Gasteiger partial charge is 0.0671 e. The van der Waals surface area contributed by atoms with Crippen LogP contribution in [0.4, 0.5) is 0 Å². The Morgan fingerprint density at radius 3 is 2.60 bits per heavy atom. The molecule has 2 heteroatoms. The molecule has 1 N–H and O–H groups in total. The number of rotatable bonds is 6. The molecule has 0 amide bonds. The van der Waals surface area contributed by atoms with Crippen molar-refractivity contribution in [1.82, 2.24) is 5.32 Å². The quantitative estimate of drug-likeness (QED) is 0.610. The highest BCUT2D eigenvalue weighted by atomic mass is 16.5. The summed E-state index contributed by atoms with van der Waals surface area (Å²) < 4.78 is 5.43. The average Bonchev–Trinajstić information content (AvgIpc) is 1.97. The first-order valence-corrected chi connectivity index (χ1v) is 4.13. The minimum Gasteiger partial charge on any atom is -0.377 e. The second kappa shape index (κ2) is 7.03. The lowest BCUT2D eigenvalue weighted by Gasteiger charge is -2.11. The summed E-state index contributed by atoms with van der Waals surface area (Å²) in [5, 5.41) is 3.23. The van der Waals surface area contributed by atoms with Crippen molar-refractivity contribution < 1.29 is 4.74 Å². The van der Waals surface area contributed by atoms with Crippen LogP contribution in [0.15, 0.2) is 0 Å². The lowest BCUT2D eigenvalue weighted by molar-refractivity contribution is 0.0668. The Morgan fingerprint density at radius 2 is 2.10 bits per heavy atom. The summed E-state index contributed by atoms with van der Waals surface area (Å²) in [4.78, 5) is 0. The molecule has 1 unspecified atom stereocenters. The summed E-state index contributed by atoms with van der Waals surface area (Å²) in [6.07, 6.45) is 1.47. The van der Waals surface area contributed by atoms with Crippen molar-refractivity contribution in [3.63, 3.8) is 0 Å². The molecular weight excluding hydrogens is 126 g/mol. The molecule has 0 aliphatic rings. The highest BCUT2D eigenvalue weighted by Gasteiger charge is 1.97. The standard InChI is InChI=1S/C8H19NO/c1-4-6-10-8(3)7-9-5-2/h8-9H,4-7H2,1-3H3. The third-order valence-electron chi connectivity index (χ3n) is 1.29. The summed E-state index contributed by atoms with van der Waals surface area (Å²) in [6, 6.07) is 0. The van der Waals surface area contributed by atoms with E-state index in [4.69, 9.17) is 4.74 Å². The van der Waals surface area contributed by atoms with E-state index in [1.165, 1.54) is 0 Å². The zero-order valence-electron chi connectivity index (χ0n) is 7.31. The van der Waals surface area contributed by atoms with E-state index < -0.39 is 0 Å². The second-order valence-corrected chi connectivity index (χ2v) is 2.49. The van der Waals surface area contributed by atoms with Crippen LogP contribution in [0.3, 0.4) is 0 Å². The van der Waals surface area contributed by atoms with Gasteiger partial charge in [0.25, 0.3) is 0 Å². The van der Waals surface area contributed by atoms with E-state index in [0.29, 0.717) is 6.10 Å². The highest BCUT2D eigenvalue weighted by molar-refractivity contribution is 4.52. The SMILES string of the molecule is CCCOC(C)CNCC. The van der Waals surface area contributed by atoms with Crippen LogP contribution in [0, 0.1) is 0 Å². The van der Waals surface area contributed by atoms with Crippen LogP contribution >= 0.6 is 0 Å². The van der Waals surface area contributed by atoms with E-state index in [1.807, 2.05) is 0 Å². The van der Waals surface area contributed by atoms with Crippen LogP contribution in [0.2, 0.25) is 0 Å². The van der Waals surface area contributed by atoms with Gasteiger partial charge in [0.2, 0.25) is 0 Å². The second-order valence-electron chi connectivity index (χ2n) is 2.49. The maximum absolute atomic E-state index is 5.43. The van der Waals surface area contributed by atoms with Crippen LogP contribution in [0.5, 0.6) is 0 Å². The Morgan fingerprint density at radius 1 is 1.40 bits per heavy atom. The fourth-order valence-electron chi connectivity index (χ4n) is 0.726. The Balaban J connectivity index is 3.00. The largest absolute Gasteiger partial charge is 0.377 e. The number of nitrogens with one attached hydrogen (secondary N) is 1. The molecule has 0 aromatic rings. The van der Waals surface area contributed by atoms with Gasteiger partial charge in [0.15, 0.2) is 0 Å². The van der Waals surface area contributed by atoms with E-state index in [0.717, 1.165) is 26.1 Å². The minimum absolute atomic E-state index is 0.361. The Labute approximate surface area is 64.0 Å². The van der Waals surface area contributed by atoms with Gasteiger partial charge in [-0.25, -0.2) is 0 Å². The predicted molar refractivity (Wildman–Crippen MR) is 44.2 cm³/mol. The number of ether oxygens (including phenoxy) is 1. The molecule has 1 atom stereocenters. The minimum atomic E-state index is 0.361. The normalized spacial score (nSPS) is 13.5. The van der Waals surface area contributed by atoms with Gasteiger partial charge >= 0.3 is 0 Å². The zero-order valence-corrected chi connectivity index (χ0v) is 7.31. The maximum Gasteiger partial charge on any atom is 0.0671 e. The third-order valence-corrected chi connectivity index (χ3v) is 1.29. The van der Waals surface area contributed by atoms with Crippen LogP contribution in [0.25, 0.3) is 0 Å². The molecule has 0 radical (unpaired) electrons. The molecule has 2 nitrogen and oxygen atoms in total. The Bertz CT molecular complexity index is 58.3. The van der Waals surface area contributed by atoms with Gasteiger partial charge in [0.1, 0.15) is 0 Å². The van der Waals surface area contributed by atoms with Crippen molar-refractivity contribution in [2.75, 3.05) is 19.7 Å². The van der Waals surface area contributed by atoms with Gasteiger partial charge in [0.05, 0.1) is 6.10 Å². The molecule has 0 aliphatic carbocycles. The molecule has 0 aliphatic heterocycles. The van der Waals surface area contributed by atoms with E-state index in [9.17, 15) is 0 Å². The van der Waals surface area contributed by atoms with Crippen molar-refractivity contribution in [2.45, 2.75) is 33.3 Å². The number of hydrogen-bond donors (Lipinski definition) is 1. The first-order chi connectivity index (χ1) is 4.81. The molecule has 0 fully saturated rings. The molecular formula is C8H19NO. The fourth-order valence-corrected chi connectivity index (χ4v) is 0.726. The fraction of sp³-hybridized carbons (Fsp3) is 1.00. The van der Waals surface area contributed by atoms with Gasteiger partial charge in [-0.05, 0) is 19.9 Å². The van der Waals surface area contributed by atoms with Crippen molar-refractivity contribution in [3.8, 4) is 0 Å². The molecule has 0 bridgehead atoms. The highest BCUT2D eigenvalue weighted by Crippen LogP contribution is 1.89. The zero-order chi connectivity index (χ0) is 7.82. The topological polar surface area (TPSA) is 21.3 Å². The Hall–Kier alpha value is -0.0800. The molecule has 0 aromatic carbocycles. The molecule has 0 saturated carbocycles. The van der Waals surface area contributed by atoms with Gasteiger partial charge in [-0.15, -0.1) is 0 Å². The van der Waals surface area contributed by atoms with Crippen LogP contribution in [0.1, 0.15) is 27.2 Å². The van der Waals surface area contributed by atoms with E-state index in [1.54, 1.807) is 0 Å². The third kappa shape index (κ3) is 6.05. The molecule has 10 heavy (non-hydrogen) atoms. The van der Waals surface area contributed by atoms with Crippen molar-refractivity contribution in [2.24, 2.45) is 0 Å². The first kappa shape index (κ1) is 9.92. The summed E-state index contributed by atoms with van der Waals surface area (Å²) in [6.45, 7) is 9.20. The molecule has 0 rings (SSSR count). The monoisotopic (exact) mass is 145 g/mol.